The zero-order valence-electron chi connectivity index (χ0n) is 8.88. The minimum Gasteiger partial charge on any atom is -0.385 e. The van der Waals surface area contributed by atoms with Gasteiger partial charge in [-0.15, -0.1) is 0 Å². The first kappa shape index (κ1) is 13.7. The number of rotatable bonds is 8. The number of likely N-dealkylation sites (N-methyl/N-ethyl adjacent to an activating group) is 1. The van der Waals surface area contributed by atoms with Crippen molar-refractivity contribution >= 4 is 0 Å². The van der Waals surface area contributed by atoms with Gasteiger partial charge in [0.25, 0.3) is 6.43 Å². The SMILES string of the molecule is COCCCC(N)CN(C)CC(F)F. The minimum atomic E-state index is -2.29. The van der Waals surface area contributed by atoms with Gasteiger partial charge >= 0.3 is 0 Å². The molecule has 86 valence electrons. The molecule has 0 amide bonds. The van der Waals surface area contributed by atoms with Crippen LogP contribution in [0.2, 0.25) is 0 Å². The lowest BCUT2D eigenvalue weighted by Crippen LogP contribution is -2.37. The lowest BCUT2D eigenvalue weighted by atomic mass is 10.1. The summed E-state index contributed by atoms with van der Waals surface area (Å²) in [5.41, 5.74) is 5.75. The first-order valence-electron chi connectivity index (χ1n) is 4.77. The van der Waals surface area contributed by atoms with Gasteiger partial charge in [-0.05, 0) is 19.9 Å². The summed E-state index contributed by atoms with van der Waals surface area (Å²) in [5, 5.41) is 0. The van der Waals surface area contributed by atoms with Gasteiger partial charge in [-0.25, -0.2) is 8.78 Å². The van der Waals surface area contributed by atoms with Gasteiger partial charge in [0.15, 0.2) is 0 Å². The van der Waals surface area contributed by atoms with E-state index < -0.39 is 6.43 Å². The van der Waals surface area contributed by atoms with E-state index in [0.717, 1.165) is 12.8 Å². The zero-order valence-corrected chi connectivity index (χ0v) is 8.88. The summed E-state index contributed by atoms with van der Waals surface area (Å²) in [6, 6.07) is -0.0473. The molecule has 0 aromatic heterocycles. The topological polar surface area (TPSA) is 38.5 Å². The van der Waals surface area contributed by atoms with Crippen LogP contribution in [0.3, 0.4) is 0 Å². The average molecular weight is 210 g/mol. The van der Waals surface area contributed by atoms with Crippen LogP contribution in [0, 0.1) is 0 Å². The van der Waals surface area contributed by atoms with Crippen molar-refractivity contribution in [2.45, 2.75) is 25.3 Å². The molecule has 3 nitrogen and oxygen atoms in total. The van der Waals surface area contributed by atoms with Crippen LogP contribution in [0.5, 0.6) is 0 Å². The summed E-state index contributed by atoms with van der Waals surface area (Å²) in [6.07, 6.45) is -0.604. The van der Waals surface area contributed by atoms with Crippen LogP contribution in [0.25, 0.3) is 0 Å². The zero-order chi connectivity index (χ0) is 11.0. The Labute approximate surface area is 84.2 Å². The minimum absolute atomic E-state index is 0.0473. The molecule has 0 aromatic carbocycles. The molecule has 14 heavy (non-hydrogen) atoms. The first-order chi connectivity index (χ1) is 6.56. The second-order valence-electron chi connectivity index (χ2n) is 3.51. The maximum absolute atomic E-state index is 11.9. The van der Waals surface area contributed by atoms with Crippen molar-refractivity contribution in [2.24, 2.45) is 5.73 Å². The molecule has 0 saturated carbocycles. The molecule has 0 saturated heterocycles. The van der Waals surface area contributed by atoms with Crippen molar-refractivity contribution < 1.29 is 13.5 Å². The Hall–Kier alpha value is -0.260. The molecule has 0 fully saturated rings. The third-order valence-electron chi connectivity index (χ3n) is 1.92. The Morgan fingerprint density at radius 3 is 2.50 bits per heavy atom. The van der Waals surface area contributed by atoms with E-state index in [1.54, 1.807) is 19.1 Å². The highest BCUT2D eigenvalue weighted by atomic mass is 19.3. The lowest BCUT2D eigenvalue weighted by Gasteiger charge is -2.20. The van der Waals surface area contributed by atoms with Gasteiger partial charge in [-0.2, -0.15) is 0 Å². The van der Waals surface area contributed by atoms with Crippen LogP contribution < -0.4 is 5.73 Å². The third kappa shape index (κ3) is 8.34. The Kier molecular flexibility index (Phi) is 7.93. The standard InChI is InChI=1S/C9H20F2N2O/c1-13(7-9(10)11)6-8(12)4-3-5-14-2/h8-9H,3-7,12H2,1-2H3. The van der Waals surface area contributed by atoms with Crippen LogP contribution >= 0.6 is 0 Å². The smallest absolute Gasteiger partial charge is 0.251 e. The van der Waals surface area contributed by atoms with E-state index in [1.807, 2.05) is 0 Å². The number of alkyl halides is 2. The summed E-state index contributed by atoms with van der Waals surface area (Å²) < 4.78 is 28.8. The molecule has 0 bridgehead atoms. The number of nitrogens with zero attached hydrogens (tertiary/aromatic N) is 1. The summed E-state index contributed by atoms with van der Waals surface area (Å²) in [7, 11) is 3.29. The molecule has 0 aliphatic heterocycles. The second-order valence-corrected chi connectivity index (χ2v) is 3.51. The molecule has 2 N–H and O–H groups in total. The van der Waals surface area contributed by atoms with Crippen molar-refractivity contribution in [3.8, 4) is 0 Å². The molecule has 0 spiro atoms. The van der Waals surface area contributed by atoms with Crippen LogP contribution in [0.1, 0.15) is 12.8 Å². The fraction of sp³-hybridized carbons (Fsp3) is 1.00. The predicted molar refractivity (Wildman–Crippen MR) is 52.6 cm³/mol. The molecule has 0 aliphatic rings. The van der Waals surface area contributed by atoms with Gasteiger partial charge < -0.3 is 10.5 Å². The summed E-state index contributed by atoms with van der Waals surface area (Å²) >= 11 is 0. The van der Waals surface area contributed by atoms with Crippen LogP contribution in [-0.2, 0) is 4.74 Å². The summed E-state index contributed by atoms with van der Waals surface area (Å²) in [6.45, 7) is 0.971. The number of methoxy groups -OCH3 is 1. The molecule has 1 unspecified atom stereocenters. The second kappa shape index (κ2) is 8.08. The van der Waals surface area contributed by atoms with Crippen molar-refractivity contribution in [3.63, 3.8) is 0 Å². The number of ether oxygens (including phenoxy) is 1. The fourth-order valence-corrected chi connectivity index (χ4v) is 1.29. The van der Waals surface area contributed by atoms with E-state index in [1.165, 1.54) is 0 Å². The molecule has 0 radical (unpaired) electrons. The summed E-state index contributed by atoms with van der Waals surface area (Å²) in [5.74, 6) is 0. The van der Waals surface area contributed by atoms with Gasteiger partial charge in [0.05, 0.1) is 6.54 Å². The van der Waals surface area contributed by atoms with Crippen molar-refractivity contribution in [1.82, 2.24) is 4.90 Å². The van der Waals surface area contributed by atoms with Gasteiger partial charge in [0.1, 0.15) is 0 Å². The maximum atomic E-state index is 11.9. The average Bonchev–Trinajstić information content (AvgIpc) is 2.02. The van der Waals surface area contributed by atoms with Crippen LogP contribution in [-0.4, -0.2) is 51.2 Å². The molecule has 0 rings (SSSR count). The van der Waals surface area contributed by atoms with E-state index in [0.29, 0.717) is 13.2 Å². The molecular formula is C9H20F2N2O. The number of nitrogens with two attached hydrogens (primary N) is 1. The number of halogens is 2. The van der Waals surface area contributed by atoms with Crippen LogP contribution in [0.4, 0.5) is 8.78 Å². The molecule has 5 heteroatoms. The Morgan fingerprint density at radius 2 is 2.00 bits per heavy atom. The van der Waals surface area contributed by atoms with E-state index in [4.69, 9.17) is 10.5 Å². The highest BCUT2D eigenvalue weighted by molar-refractivity contribution is 4.66. The van der Waals surface area contributed by atoms with E-state index in [9.17, 15) is 8.78 Å². The number of hydrogen-bond donors (Lipinski definition) is 1. The highest BCUT2D eigenvalue weighted by Crippen LogP contribution is 2.00. The maximum Gasteiger partial charge on any atom is 0.251 e. The van der Waals surface area contributed by atoms with Crippen molar-refractivity contribution in [2.75, 3.05) is 33.9 Å². The Morgan fingerprint density at radius 1 is 1.36 bits per heavy atom. The van der Waals surface area contributed by atoms with Gasteiger partial charge in [0.2, 0.25) is 0 Å². The van der Waals surface area contributed by atoms with Gasteiger partial charge in [0, 0.05) is 26.3 Å². The number of hydrogen-bond acceptors (Lipinski definition) is 3. The molecular weight excluding hydrogens is 190 g/mol. The molecule has 1 atom stereocenters. The lowest BCUT2D eigenvalue weighted by molar-refractivity contribution is 0.0966. The highest BCUT2D eigenvalue weighted by Gasteiger charge is 2.10. The Bertz CT molecular complexity index is 136. The predicted octanol–water partition coefficient (Wildman–Crippen LogP) is 0.937. The molecule has 0 aliphatic carbocycles. The van der Waals surface area contributed by atoms with Crippen LogP contribution in [0.15, 0.2) is 0 Å². The monoisotopic (exact) mass is 210 g/mol. The summed E-state index contributed by atoms with van der Waals surface area (Å²) in [4.78, 5) is 1.56. The van der Waals surface area contributed by atoms with Crippen molar-refractivity contribution in [3.05, 3.63) is 0 Å². The molecule has 0 heterocycles. The van der Waals surface area contributed by atoms with Crippen molar-refractivity contribution in [1.29, 1.82) is 0 Å². The Balaban J connectivity index is 3.44. The third-order valence-corrected chi connectivity index (χ3v) is 1.92. The largest absolute Gasteiger partial charge is 0.385 e. The molecule has 0 aromatic rings. The van der Waals surface area contributed by atoms with E-state index >= 15 is 0 Å². The van der Waals surface area contributed by atoms with Gasteiger partial charge in [-0.3, -0.25) is 4.90 Å². The normalized spacial score (nSPS) is 13.9. The van der Waals surface area contributed by atoms with E-state index in [2.05, 4.69) is 0 Å². The van der Waals surface area contributed by atoms with E-state index in [-0.39, 0.29) is 12.6 Å². The fourth-order valence-electron chi connectivity index (χ4n) is 1.29. The van der Waals surface area contributed by atoms with Gasteiger partial charge in [-0.1, -0.05) is 0 Å². The quantitative estimate of drug-likeness (QED) is 0.606. The first-order valence-corrected chi connectivity index (χ1v) is 4.77.